The molecule has 0 saturated carbocycles. The SMILES string of the molecule is C.CC.CC.CC.CC1CC=CCN1C.CC1CCC=CN1C.Cc1cccn1C. The lowest BCUT2D eigenvalue weighted by Gasteiger charge is -2.25. The zero-order valence-corrected chi connectivity index (χ0v) is 21.9. The normalized spacial score (nSPS) is 18.7. The van der Waals surface area contributed by atoms with Gasteiger partial charge in [-0.15, -0.1) is 0 Å². The van der Waals surface area contributed by atoms with Gasteiger partial charge in [-0.1, -0.05) is 67.2 Å². The van der Waals surface area contributed by atoms with Crippen molar-refractivity contribution in [3.63, 3.8) is 0 Å². The van der Waals surface area contributed by atoms with Gasteiger partial charge in [0, 0.05) is 44.6 Å². The minimum Gasteiger partial charge on any atom is -0.378 e. The molecule has 30 heavy (non-hydrogen) atoms. The molecule has 0 radical (unpaired) electrons. The maximum atomic E-state index is 2.35. The summed E-state index contributed by atoms with van der Waals surface area (Å²) in [5, 5.41) is 0. The molecule has 2 aliphatic rings. The van der Waals surface area contributed by atoms with Crippen LogP contribution in [0.15, 0.2) is 42.8 Å². The Balaban J connectivity index is -0.000000148. The van der Waals surface area contributed by atoms with Crippen molar-refractivity contribution < 1.29 is 0 Å². The summed E-state index contributed by atoms with van der Waals surface area (Å²) in [5.74, 6) is 0. The van der Waals surface area contributed by atoms with E-state index in [0.717, 1.165) is 18.6 Å². The minimum atomic E-state index is 0. The van der Waals surface area contributed by atoms with Crippen molar-refractivity contribution in [1.29, 1.82) is 0 Å². The van der Waals surface area contributed by atoms with Gasteiger partial charge in [0.05, 0.1) is 0 Å². The summed E-state index contributed by atoms with van der Waals surface area (Å²) < 4.78 is 2.08. The molecule has 180 valence electrons. The van der Waals surface area contributed by atoms with Crippen molar-refractivity contribution >= 4 is 0 Å². The maximum absolute atomic E-state index is 2.35. The summed E-state index contributed by atoms with van der Waals surface area (Å²) in [6, 6.07) is 5.62. The number of aromatic nitrogens is 1. The topological polar surface area (TPSA) is 11.4 Å². The number of aryl methyl sites for hydroxylation is 2. The fourth-order valence-corrected chi connectivity index (χ4v) is 2.37. The van der Waals surface area contributed by atoms with Crippen molar-refractivity contribution in [3.8, 4) is 0 Å². The lowest BCUT2D eigenvalue weighted by Crippen LogP contribution is -2.30. The first-order valence-electron chi connectivity index (χ1n) is 11.7. The number of rotatable bonds is 0. The molecule has 0 amide bonds. The van der Waals surface area contributed by atoms with Crippen LogP contribution in [0, 0.1) is 6.92 Å². The maximum Gasteiger partial charge on any atom is 0.0255 e. The lowest BCUT2D eigenvalue weighted by molar-refractivity contribution is 0.275. The van der Waals surface area contributed by atoms with E-state index in [4.69, 9.17) is 0 Å². The highest BCUT2D eigenvalue weighted by Crippen LogP contribution is 2.10. The van der Waals surface area contributed by atoms with E-state index in [9.17, 15) is 0 Å². The second-order valence-corrected chi connectivity index (χ2v) is 6.73. The Morgan fingerprint density at radius 3 is 1.63 bits per heavy atom. The molecule has 1 aromatic rings. The van der Waals surface area contributed by atoms with Crippen LogP contribution in [0.3, 0.4) is 0 Å². The molecular weight excluding hydrogens is 366 g/mol. The zero-order valence-electron chi connectivity index (χ0n) is 21.9. The Morgan fingerprint density at radius 1 is 0.833 bits per heavy atom. The second kappa shape index (κ2) is 25.6. The molecule has 0 bridgehead atoms. The fraction of sp³-hybridized carbons (Fsp3) is 0.704. The number of hydrogen-bond acceptors (Lipinski definition) is 2. The van der Waals surface area contributed by atoms with Gasteiger partial charge in [0.25, 0.3) is 0 Å². The second-order valence-electron chi connectivity index (χ2n) is 6.73. The van der Waals surface area contributed by atoms with Crippen molar-refractivity contribution in [3.05, 3.63) is 48.5 Å². The van der Waals surface area contributed by atoms with E-state index >= 15 is 0 Å². The summed E-state index contributed by atoms with van der Waals surface area (Å²) in [4.78, 5) is 4.60. The van der Waals surface area contributed by atoms with Crippen LogP contribution in [0.2, 0.25) is 0 Å². The summed E-state index contributed by atoms with van der Waals surface area (Å²) in [7, 11) is 6.32. The van der Waals surface area contributed by atoms with Crippen molar-refractivity contribution in [2.45, 2.75) is 101 Å². The van der Waals surface area contributed by atoms with E-state index < -0.39 is 0 Å². The quantitative estimate of drug-likeness (QED) is 0.392. The van der Waals surface area contributed by atoms with E-state index in [2.05, 4.69) is 79.7 Å². The van der Waals surface area contributed by atoms with E-state index in [1.807, 2.05) is 60.9 Å². The highest BCUT2D eigenvalue weighted by Gasteiger charge is 2.08. The summed E-state index contributed by atoms with van der Waals surface area (Å²) in [5.41, 5.74) is 1.31. The van der Waals surface area contributed by atoms with Crippen LogP contribution >= 0.6 is 0 Å². The molecule has 0 aliphatic carbocycles. The monoisotopic (exact) mass is 423 g/mol. The Morgan fingerprint density at radius 2 is 1.40 bits per heavy atom. The predicted molar refractivity (Wildman–Crippen MR) is 142 cm³/mol. The summed E-state index contributed by atoms with van der Waals surface area (Å²) in [6.45, 7) is 19.7. The molecule has 2 unspecified atom stereocenters. The Bertz CT molecular complexity index is 460. The van der Waals surface area contributed by atoms with Gasteiger partial charge < -0.3 is 9.47 Å². The largest absolute Gasteiger partial charge is 0.378 e. The van der Waals surface area contributed by atoms with Gasteiger partial charge in [-0.3, -0.25) is 4.90 Å². The van der Waals surface area contributed by atoms with Crippen LogP contribution in [0.5, 0.6) is 0 Å². The number of likely N-dealkylation sites (N-methyl/N-ethyl adjacent to an activating group) is 1. The van der Waals surface area contributed by atoms with Crippen molar-refractivity contribution in [2.75, 3.05) is 20.6 Å². The standard InChI is InChI=1S/2C7H13N.C6H9N.3C2H6.CH4/c2*1-7-5-3-4-6-8(7)2;1-6-4-3-5-7(6)2;3*1-2;/h4,6-7H,3,5H2,1-2H3;3-4,7H,5-6H2,1-2H3;3-5H,1-2H3;3*1-2H3;1H4. The van der Waals surface area contributed by atoms with Gasteiger partial charge in [-0.05, 0) is 65.4 Å². The smallest absolute Gasteiger partial charge is 0.0255 e. The summed E-state index contributed by atoms with van der Waals surface area (Å²) in [6.07, 6.45) is 14.7. The molecule has 3 rings (SSSR count). The van der Waals surface area contributed by atoms with Crippen LogP contribution < -0.4 is 0 Å². The summed E-state index contributed by atoms with van der Waals surface area (Å²) >= 11 is 0. The van der Waals surface area contributed by atoms with E-state index in [0.29, 0.717) is 0 Å². The first kappa shape index (κ1) is 35.9. The fourth-order valence-electron chi connectivity index (χ4n) is 2.37. The number of hydrogen-bond donors (Lipinski definition) is 0. The number of nitrogens with zero attached hydrogens (tertiary/aromatic N) is 3. The van der Waals surface area contributed by atoms with E-state index in [1.54, 1.807) is 0 Å². The van der Waals surface area contributed by atoms with Gasteiger partial charge in [-0.2, -0.15) is 0 Å². The van der Waals surface area contributed by atoms with Gasteiger partial charge >= 0.3 is 0 Å². The first-order valence-corrected chi connectivity index (χ1v) is 11.7. The third-order valence-electron chi connectivity index (χ3n) is 4.78. The molecule has 0 aromatic carbocycles. The van der Waals surface area contributed by atoms with Crippen molar-refractivity contribution in [2.24, 2.45) is 7.05 Å². The van der Waals surface area contributed by atoms with Crippen molar-refractivity contribution in [1.82, 2.24) is 14.4 Å². The molecule has 3 nitrogen and oxygen atoms in total. The van der Waals surface area contributed by atoms with Gasteiger partial charge in [-0.25, -0.2) is 0 Å². The molecule has 1 aromatic heterocycles. The molecule has 0 saturated heterocycles. The van der Waals surface area contributed by atoms with Crippen LogP contribution in [0.25, 0.3) is 0 Å². The van der Waals surface area contributed by atoms with Crippen LogP contribution in [0.1, 0.15) is 87.8 Å². The first-order chi connectivity index (χ1) is 13.9. The third kappa shape index (κ3) is 18.5. The van der Waals surface area contributed by atoms with E-state index in [-0.39, 0.29) is 7.43 Å². The molecule has 2 aliphatic heterocycles. The van der Waals surface area contributed by atoms with Gasteiger partial charge in [0.2, 0.25) is 0 Å². The molecular formula is C27H57N3. The molecule has 0 spiro atoms. The molecule has 0 N–H and O–H groups in total. The van der Waals surface area contributed by atoms with E-state index in [1.165, 1.54) is 25.0 Å². The molecule has 3 heterocycles. The van der Waals surface area contributed by atoms with Gasteiger partial charge in [0.15, 0.2) is 0 Å². The van der Waals surface area contributed by atoms with Crippen LogP contribution in [-0.2, 0) is 7.05 Å². The average Bonchev–Trinajstić information content (AvgIpc) is 3.14. The zero-order chi connectivity index (χ0) is 23.2. The van der Waals surface area contributed by atoms with Gasteiger partial charge in [0.1, 0.15) is 0 Å². The van der Waals surface area contributed by atoms with Crippen LogP contribution in [0.4, 0.5) is 0 Å². The minimum absolute atomic E-state index is 0. The average molecular weight is 424 g/mol. The Hall–Kier alpha value is -1.48. The highest BCUT2D eigenvalue weighted by molar-refractivity contribution is 5.02. The lowest BCUT2D eigenvalue weighted by atomic mass is 10.1. The number of allylic oxidation sites excluding steroid dienone is 1. The van der Waals surface area contributed by atoms with Crippen LogP contribution in [-0.4, -0.2) is 47.1 Å². The predicted octanol–water partition coefficient (Wildman–Crippen LogP) is 7.93. The Kier molecular flexibility index (Phi) is 30.6. The molecule has 2 atom stereocenters. The Labute approximate surface area is 191 Å². The molecule has 3 heteroatoms. The highest BCUT2D eigenvalue weighted by atomic mass is 15.1. The molecule has 0 fully saturated rings. The third-order valence-corrected chi connectivity index (χ3v) is 4.78.